The molecule has 33 heavy (non-hydrogen) atoms. The predicted molar refractivity (Wildman–Crippen MR) is 129 cm³/mol. The van der Waals surface area contributed by atoms with Gasteiger partial charge in [-0.25, -0.2) is 4.79 Å². The molecule has 3 N–H and O–H groups in total. The highest BCUT2D eigenvalue weighted by atomic mass is 16.5. The highest BCUT2D eigenvalue weighted by Gasteiger charge is 2.32. The van der Waals surface area contributed by atoms with Crippen molar-refractivity contribution in [1.29, 1.82) is 0 Å². The van der Waals surface area contributed by atoms with E-state index in [4.69, 9.17) is 4.74 Å². The summed E-state index contributed by atoms with van der Waals surface area (Å²) >= 11 is 0. The third-order valence-electron chi connectivity index (χ3n) is 6.35. The molecule has 1 aromatic carbocycles. The molecule has 0 aromatic heterocycles. The van der Waals surface area contributed by atoms with Gasteiger partial charge >= 0.3 is 6.03 Å². The molecule has 1 aromatic rings. The molecule has 3 amide bonds. The maximum Gasteiger partial charge on any atom is 0.319 e. The van der Waals surface area contributed by atoms with Gasteiger partial charge in [-0.1, -0.05) is 6.92 Å². The van der Waals surface area contributed by atoms with E-state index in [1.807, 2.05) is 39.0 Å². The molecular weight excluding hydrogens is 420 g/mol. The van der Waals surface area contributed by atoms with E-state index in [2.05, 4.69) is 29.5 Å². The summed E-state index contributed by atoms with van der Waals surface area (Å²) in [6.45, 7) is 10.0. The summed E-state index contributed by atoms with van der Waals surface area (Å²) in [6.07, 6.45) is 2.64. The summed E-state index contributed by atoms with van der Waals surface area (Å²) in [6, 6.07) is 4.93. The smallest absolute Gasteiger partial charge is 0.319 e. The van der Waals surface area contributed by atoms with Crippen molar-refractivity contribution < 1.29 is 19.4 Å². The quantitative estimate of drug-likeness (QED) is 0.555. The lowest BCUT2D eigenvalue weighted by Gasteiger charge is -2.34. The minimum absolute atomic E-state index is 0.0196. The van der Waals surface area contributed by atoms with Gasteiger partial charge < -0.3 is 30.3 Å². The summed E-state index contributed by atoms with van der Waals surface area (Å²) in [4.78, 5) is 29.5. The summed E-state index contributed by atoms with van der Waals surface area (Å²) in [7, 11) is 2.13. The minimum Gasteiger partial charge on any atom is -0.488 e. The molecule has 0 saturated heterocycles. The Balaban J connectivity index is 1.86. The SMILES string of the molecule is CC(C)NC(=O)Nc1ccc2c(c1)CC(=O)N([C@@H](C)CO)C[C@@H](C)[C@H](CN(C)CC1CC1)O2. The van der Waals surface area contributed by atoms with Crippen LogP contribution in [0.2, 0.25) is 0 Å². The van der Waals surface area contributed by atoms with E-state index < -0.39 is 0 Å². The number of carbonyl (C=O) groups excluding carboxylic acids is 2. The molecule has 1 aliphatic carbocycles. The van der Waals surface area contributed by atoms with Gasteiger partial charge in [0.2, 0.25) is 5.91 Å². The average Bonchev–Trinajstić information content (AvgIpc) is 3.54. The topological polar surface area (TPSA) is 94.1 Å². The fraction of sp³-hybridized carbons (Fsp3) is 0.680. The number of urea groups is 1. The Kier molecular flexibility index (Phi) is 8.59. The number of aliphatic hydroxyl groups is 1. The fourth-order valence-corrected chi connectivity index (χ4v) is 4.28. The number of hydrogen-bond donors (Lipinski definition) is 3. The van der Waals surface area contributed by atoms with Crippen LogP contribution in [-0.4, -0.2) is 78.3 Å². The van der Waals surface area contributed by atoms with E-state index in [1.54, 1.807) is 4.90 Å². The van der Waals surface area contributed by atoms with Crippen LogP contribution in [-0.2, 0) is 11.2 Å². The molecule has 0 spiro atoms. The third kappa shape index (κ3) is 7.33. The minimum atomic E-state index is -0.288. The maximum absolute atomic E-state index is 13.2. The summed E-state index contributed by atoms with van der Waals surface area (Å²) in [5, 5.41) is 15.4. The van der Waals surface area contributed by atoms with Gasteiger partial charge in [0.05, 0.1) is 19.1 Å². The van der Waals surface area contributed by atoms with Gasteiger partial charge in [0.15, 0.2) is 0 Å². The van der Waals surface area contributed by atoms with Crippen LogP contribution in [0.3, 0.4) is 0 Å². The lowest BCUT2D eigenvalue weighted by molar-refractivity contribution is -0.134. The molecule has 1 saturated carbocycles. The summed E-state index contributed by atoms with van der Waals surface area (Å²) in [5.41, 5.74) is 1.35. The Morgan fingerprint density at radius 2 is 2.00 bits per heavy atom. The molecule has 0 radical (unpaired) electrons. The molecule has 3 atom stereocenters. The number of likely N-dealkylation sites (N-methyl/N-ethyl adjacent to an activating group) is 1. The number of rotatable bonds is 8. The number of fused-ring (bicyclic) bond motifs is 1. The standard InChI is InChI=1S/C25H40N4O4/c1-16(2)26-25(32)27-21-8-9-22-20(10-21)11-24(31)29(18(4)15-30)12-17(3)23(33-22)14-28(5)13-19-6-7-19/h8-10,16-19,23,30H,6-7,11-15H2,1-5H3,(H2,26,27,32)/t17-,18+,23+/m1/s1. The number of nitrogens with zero attached hydrogens (tertiary/aromatic N) is 2. The zero-order chi connectivity index (χ0) is 24.1. The van der Waals surface area contributed by atoms with E-state index in [0.717, 1.165) is 24.6 Å². The molecular formula is C25H40N4O4. The van der Waals surface area contributed by atoms with Crippen molar-refractivity contribution in [2.24, 2.45) is 11.8 Å². The van der Waals surface area contributed by atoms with Gasteiger partial charge in [0.1, 0.15) is 11.9 Å². The lowest BCUT2D eigenvalue weighted by Crippen LogP contribution is -2.47. The van der Waals surface area contributed by atoms with E-state index in [9.17, 15) is 14.7 Å². The highest BCUT2D eigenvalue weighted by molar-refractivity contribution is 5.90. The molecule has 3 rings (SSSR count). The van der Waals surface area contributed by atoms with Gasteiger partial charge in [-0.05, 0) is 64.8 Å². The Bertz CT molecular complexity index is 827. The van der Waals surface area contributed by atoms with Crippen LogP contribution >= 0.6 is 0 Å². The second-order valence-corrected chi connectivity index (χ2v) is 10.1. The van der Waals surface area contributed by atoms with Crippen molar-refractivity contribution in [2.75, 3.05) is 38.6 Å². The first-order valence-corrected chi connectivity index (χ1v) is 12.1. The molecule has 1 aliphatic heterocycles. The monoisotopic (exact) mass is 460 g/mol. The second-order valence-electron chi connectivity index (χ2n) is 10.1. The Morgan fingerprint density at radius 1 is 1.27 bits per heavy atom. The van der Waals surface area contributed by atoms with Crippen LogP contribution in [0, 0.1) is 11.8 Å². The third-order valence-corrected chi connectivity index (χ3v) is 6.35. The van der Waals surface area contributed by atoms with Crippen LogP contribution in [0.1, 0.15) is 46.1 Å². The predicted octanol–water partition coefficient (Wildman–Crippen LogP) is 2.71. The van der Waals surface area contributed by atoms with E-state index in [1.165, 1.54) is 12.8 Å². The van der Waals surface area contributed by atoms with Gasteiger partial charge in [-0.15, -0.1) is 0 Å². The largest absolute Gasteiger partial charge is 0.488 e. The van der Waals surface area contributed by atoms with E-state index in [0.29, 0.717) is 18.0 Å². The number of amides is 3. The van der Waals surface area contributed by atoms with E-state index in [-0.39, 0.29) is 49.1 Å². The number of ether oxygens (including phenoxy) is 1. The number of anilines is 1. The van der Waals surface area contributed by atoms with Gasteiger partial charge in [0, 0.05) is 42.8 Å². The second kappa shape index (κ2) is 11.2. The molecule has 184 valence electrons. The Labute approximate surface area is 197 Å². The number of carbonyl (C=O) groups is 2. The molecule has 1 fully saturated rings. The van der Waals surface area contributed by atoms with E-state index >= 15 is 0 Å². The fourth-order valence-electron chi connectivity index (χ4n) is 4.28. The van der Waals surface area contributed by atoms with Crippen molar-refractivity contribution in [1.82, 2.24) is 15.1 Å². The number of nitrogens with one attached hydrogen (secondary N) is 2. The van der Waals surface area contributed by atoms with Crippen molar-refractivity contribution in [2.45, 2.75) is 65.1 Å². The van der Waals surface area contributed by atoms with Gasteiger partial charge in [-0.2, -0.15) is 0 Å². The molecule has 8 nitrogen and oxygen atoms in total. The maximum atomic E-state index is 13.2. The summed E-state index contributed by atoms with van der Waals surface area (Å²) in [5.74, 6) is 1.49. The molecule has 0 unspecified atom stereocenters. The molecule has 8 heteroatoms. The van der Waals surface area contributed by atoms with Crippen molar-refractivity contribution in [3.63, 3.8) is 0 Å². The first kappa shape index (κ1) is 25.3. The highest BCUT2D eigenvalue weighted by Crippen LogP contribution is 2.31. The molecule has 2 aliphatic rings. The van der Waals surface area contributed by atoms with Crippen LogP contribution < -0.4 is 15.4 Å². The molecule has 0 bridgehead atoms. The zero-order valence-corrected chi connectivity index (χ0v) is 20.6. The van der Waals surface area contributed by atoms with Crippen LogP contribution in [0.4, 0.5) is 10.5 Å². The van der Waals surface area contributed by atoms with Crippen molar-refractivity contribution in [3.8, 4) is 5.75 Å². The summed E-state index contributed by atoms with van der Waals surface area (Å²) < 4.78 is 6.53. The van der Waals surface area contributed by atoms with Gasteiger partial charge in [-0.3, -0.25) is 4.79 Å². The van der Waals surface area contributed by atoms with Crippen LogP contribution in [0.15, 0.2) is 18.2 Å². The van der Waals surface area contributed by atoms with Crippen LogP contribution in [0.5, 0.6) is 5.75 Å². The number of hydrogen-bond acceptors (Lipinski definition) is 5. The van der Waals surface area contributed by atoms with Crippen molar-refractivity contribution in [3.05, 3.63) is 23.8 Å². The van der Waals surface area contributed by atoms with Gasteiger partial charge in [0.25, 0.3) is 0 Å². The first-order valence-electron chi connectivity index (χ1n) is 12.1. The lowest BCUT2D eigenvalue weighted by atomic mass is 10.0. The average molecular weight is 461 g/mol. The number of benzene rings is 1. The first-order chi connectivity index (χ1) is 15.7. The zero-order valence-electron chi connectivity index (χ0n) is 20.6. The number of aliphatic hydroxyl groups excluding tert-OH is 1. The Hall–Kier alpha value is -2.32. The Morgan fingerprint density at radius 3 is 2.64 bits per heavy atom. The normalized spacial score (nSPS) is 22.2. The molecule has 1 heterocycles. The van der Waals surface area contributed by atoms with Crippen LogP contribution in [0.25, 0.3) is 0 Å². The van der Waals surface area contributed by atoms with Crippen molar-refractivity contribution >= 4 is 17.6 Å².